The second kappa shape index (κ2) is 58.2. The Bertz CT molecular complexity index is 2330. The van der Waals surface area contributed by atoms with Crippen LogP contribution < -0.4 is 0 Å². The van der Waals surface area contributed by atoms with E-state index in [1.165, 1.54) is 180 Å². The topological polar surface area (TPSA) is 220 Å². The van der Waals surface area contributed by atoms with Gasteiger partial charge in [-0.05, 0) is 139 Å². The summed E-state index contributed by atoms with van der Waals surface area (Å²) in [5.74, 6) is -3.23. The third-order valence-corrected chi connectivity index (χ3v) is 16.7. The van der Waals surface area contributed by atoms with Gasteiger partial charge >= 0.3 is 61.6 Å². The molecule has 0 fully saturated rings. The van der Waals surface area contributed by atoms with Crippen molar-refractivity contribution in [3.8, 4) is 0 Å². The molecule has 0 radical (unpaired) electrons. The van der Waals surface area contributed by atoms with Crippen LogP contribution in [0.3, 0.4) is 0 Å². The Labute approximate surface area is 569 Å². The van der Waals surface area contributed by atoms with Gasteiger partial charge in [-0.2, -0.15) is 0 Å². The van der Waals surface area contributed by atoms with E-state index in [-0.39, 0.29) is 86.4 Å². The van der Waals surface area contributed by atoms with Crippen molar-refractivity contribution in [3.63, 3.8) is 0 Å². The Balaban J connectivity index is 0.00000172. The molecule has 0 aromatic heterocycles. The normalized spacial score (nSPS) is 11.8. The van der Waals surface area contributed by atoms with Crippen LogP contribution in [0.5, 0.6) is 0 Å². The van der Waals surface area contributed by atoms with Gasteiger partial charge in [-0.1, -0.05) is 230 Å². The van der Waals surface area contributed by atoms with Crippen molar-refractivity contribution in [2.45, 2.75) is 294 Å². The Kier molecular flexibility index (Phi) is 55.8. The quantitative estimate of drug-likeness (QED) is 0.0150. The van der Waals surface area contributed by atoms with E-state index in [4.69, 9.17) is 18.9 Å². The van der Waals surface area contributed by atoms with Gasteiger partial charge in [0, 0.05) is 0 Å². The second-order valence-electron chi connectivity index (χ2n) is 23.0. The predicted octanol–water partition coefficient (Wildman–Crippen LogP) is 19.3. The van der Waals surface area contributed by atoms with E-state index < -0.39 is 53.9 Å². The van der Waals surface area contributed by atoms with Crippen LogP contribution in [0, 0.1) is 0 Å². The summed E-state index contributed by atoms with van der Waals surface area (Å²) in [6, 6.07) is 6.10. The Morgan fingerprint density at radius 1 is 0.303 bits per heavy atom. The summed E-state index contributed by atoms with van der Waals surface area (Å²) in [5.41, 5.74) is -0.801. The summed E-state index contributed by atoms with van der Waals surface area (Å²) in [4.78, 5) is 49.8. The SMILES string of the molecule is CCCCCCCCC/C=C/CCCOC(=O)c1ccc(S(=O)(=O)[O-])cc1C(=O)OCCC/C=C/CCCCCCCCC.CCCCCCCCC/C=C/CCCOC(=O)c1ccc(S(=O)(=O)[O-])cc1C(=O)OCCC/C=C/CCCCCCCCC.[Ca+2]. The van der Waals surface area contributed by atoms with E-state index in [1.54, 1.807) is 0 Å². The van der Waals surface area contributed by atoms with E-state index in [1.807, 2.05) is 0 Å². The molecule has 14 nitrogen and oxygen atoms in total. The van der Waals surface area contributed by atoms with Gasteiger partial charge in [-0.15, -0.1) is 0 Å². The number of unbranched alkanes of at least 4 members (excludes halogenated alkanes) is 32. The number of rotatable bonds is 54. The molecule has 0 saturated carbocycles. The van der Waals surface area contributed by atoms with Crippen LogP contribution in [-0.4, -0.2) is 114 Å². The first kappa shape index (κ1) is 85.4. The Morgan fingerprint density at radius 3 is 0.708 bits per heavy atom. The third kappa shape index (κ3) is 47.0. The number of hydrogen-bond acceptors (Lipinski definition) is 14. The maximum absolute atomic E-state index is 12.8. The maximum atomic E-state index is 12.8. The maximum Gasteiger partial charge on any atom is 2.00 e. The molecule has 2 aromatic rings. The number of hydrogen-bond donors (Lipinski definition) is 0. The second-order valence-corrected chi connectivity index (χ2v) is 25.7. The van der Waals surface area contributed by atoms with Gasteiger partial charge in [0.1, 0.15) is 20.2 Å². The number of carbonyl (C=O) groups is 4. The molecular weight excluding hydrogens is 1190 g/mol. The third-order valence-electron chi connectivity index (χ3n) is 15.0. The van der Waals surface area contributed by atoms with Crippen LogP contribution in [0.15, 0.2) is 94.8 Å². The minimum Gasteiger partial charge on any atom is -0.744 e. The standard InChI is InChI=1S/2C36H58O7S.Ca/c2*1-3-5-7-9-11-13-15-17-19-21-23-25-29-42-35(37)33-28-27-32(44(39,40)41)31-34(33)36(38)43-30-26-24-22-20-18-16-14-12-10-8-6-4-2;/h2*19-22,27-28,31H,3-18,23-26,29-30H2,1-2H3,(H,39,40,41);/q;;+2/p-2/b2*21-19+,22-20+;. The van der Waals surface area contributed by atoms with Gasteiger partial charge in [-0.3, -0.25) is 0 Å². The Morgan fingerprint density at radius 2 is 0.494 bits per heavy atom. The zero-order valence-corrected chi connectivity index (χ0v) is 59.3. The first-order valence-electron chi connectivity index (χ1n) is 34.1. The molecule has 0 aliphatic carbocycles. The average Bonchev–Trinajstić information content (AvgIpc) is 3.12. The smallest absolute Gasteiger partial charge is 0.744 e. The molecule has 0 aliphatic rings. The summed E-state index contributed by atoms with van der Waals surface area (Å²) >= 11 is 0. The molecule has 500 valence electrons. The van der Waals surface area contributed by atoms with Gasteiger partial charge in [0.25, 0.3) is 0 Å². The van der Waals surface area contributed by atoms with E-state index in [9.17, 15) is 45.1 Å². The van der Waals surface area contributed by atoms with Crippen LogP contribution in [0.25, 0.3) is 0 Å². The summed E-state index contributed by atoms with van der Waals surface area (Å²) in [6.07, 6.45) is 62.2. The fourth-order valence-electron chi connectivity index (χ4n) is 9.65. The van der Waals surface area contributed by atoms with Gasteiger partial charge in [-0.25, -0.2) is 36.0 Å². The van der Waals surface area contributed by atoms with Gasteiger partial charge < -0.3 is 28.1 Å². The molecule has 0 amide bonds. The first-order chi connectivity index (χ1) is 42.6. The van der Waals surface area contributed by atoms with Crippen LogP contribution in [0.4, 0.5) is 0 Å². The predicted molar refractivity (Wildman–Crippen MR) is 360 cm³/mol. The van der Waals surface area contributed by atoms with Crippen molar-refractivity contribution in [1.82, 2.24) is 0 Å². The molecule has 0 heterocycles. The number of esters is 4. The van der Waals surface area contributed by atoms with Gasteiger partial charge in [0.05, 0.1) is 58.5 Å². The van der Waals surface area contributed by atoms with Gasteiger partial charge in [0.2, 0.25) is 0 Å². The summed E-state index contributed by atoms with van der Waals surface area (Å²) in [6.45, 7) is 9.41. The zero-order chi connectivity index (χ0) is 64.6. The number of carbonyl (C=O) groups excluding carboxylic acids is 4. The van der Waals surface area contributed by atoms with Crippen LogP contribution >= 0.6 is 0 Å². The largest absolute Gasteiger partial charge is 2.00 e. The molecular formula is C72H114CaO14S2. The van der Waals surface area contributed by atoms with Crippen molar-refractivity contribution in [2.24, 2.45) is 0 Å². The fraction of sp³-hybridized carbons (Fsp3) is 0.667. The van der Waals surface area contributed by atoms with Crippen molar-refractivity contribution in [2.75, 3.05) is 26.4 Å². The Hall–Kier alpha value is -3.64. The molecule has 0 unspecified atom stereocenters. The molecule has 0 spiro atoms. The average molecular weight is 1310 g/mol. The van der Waals surface area contributed by atoms with E-state index in [0.717, 1.165) is 87.8 Å². The van der Waals surface area contributed by atoms with Crippen molar-refractivity contribution in [3.05, 3.63) is 107 Å². The van der Waals surface area contributed by atoms with Gasteiger partial charge in [0.15, 0.2) is 0 Å². The van der Waals surface area contributed by atoms with Crippen LogP contribution in [0.1, 0.15) is 326 Å². The summed E-state index contributed by atoms with van der Waals surface area (Å²) in [5, 5.41) is 0. The van der Waals surface area contributed by atoms with Crippen LogP contribution in [0.2, 0.25) is 0 Å². The summed E-state index contributed by atoms with van der Waals surface area (Å²) < 4.78 is 90.6. The molecule has 0 saturated heterocycles. The molecule has 17 heteroatoms. The monoisotopic (exact) mass is 1310 g/mol. The zero-order valence-electron chi connectivity index (χ0n) is 55.4. The fourth-order valence-corrected chi connectivity index (χ4v) is 10.6. The molecule has 2 rings (SSSR count). The van der Waals surface area contributed by atoms with Crippen molar-refractivity contribution < 1.29 is 64.1 Å². The van der Waals surface area contributed by atoms with Crippen LogP contribution in [-0.2, 0) is 39.2 Å². The van der Waals surface area contributed by atoms with E-state index in [2.05, 4.69) is 76.3 Å². The first-order valence-corrected chi connectivity index (χ1v) is 36.9. The van der Waals surface area contributed by atoms with Crippen molar-refractivity contribution >= 4 is 81.9 Å². The molecule has 0 aliphatic heterocycles. The minimum atomic E-state index is -4.82. The van der Waals surface area contributed by atoms with E-state index in [0.29, 0.717) is 25.7 Å². The molecule has 89 heavy (non-hydrogen) atoms. The van der Waals surface area contributed by atoms with Crippen molar-refractivity contribution in [1.29, 1.82) is 0 Å². The number of benzene rings is 2. The molecule has 0 N–H and O–H groups in total. The molecule has 2 aromatic carbocycles. The van der Waals surface area contributed by atoms with E-state index >= 15 is 0 Å². The summed E-state index contributed by atoms with van der Waals surface area (Å²) in [7, 11) is -9.64. The number of ether oxygens (including phenoxy) is 4. The molecule has 0 atom stereocenters. The minimum absolute atomic E-state index is 0. The number of allylic oxidation sites excluding steroid dienone is 8. The molecule has 0 bridgehead atoms.